The quantitative estimate of drug-likeness (QED) is 0.678. The van der Waals surface area contributed by atoms with Gasteiger partial charge in [0.1, 0.15) is 17.2 Å². The van der Waals surface area contributed by atoms with Crippen LogP contribution in [-0.2, 0) is 19.1 Å². The van der Waals surface area contributed by atoms with Gasteiger partial charge in [-0.05, 0) is 33.8 Å². The fraction of sp³-hybridized carbons (Fsp3) is 0.583. The Hall–Kier alpha value is -1.45. The van der Waals surface area contributed by atoms with Crippen LogP contribution in [0, 0.1) is 5.92 Å². The van der Waals surface area contributed by atoms with Crippen molar-refractivity contribution in [2.24, 2.45) is 5.92 Å². The molecule has 0 radical (unpaired) electrons. The molecule has 1 aliphatic rings. The maximum Gasteiger partial charge on any atom is 0.334 e. The number of rotatable bonds is 4. The Morgan fingerprint density at radius 3 is 2.31 bits per heavy atom. The molecule has 0 saturated heterocycles. The molecule has 0 amide bonds. The lowest BCUT2D eigenvalue weighted by molar-refractivity contribution is -0.153. The first-order valence-electron chi connectivity index (χ1n) is 5.19. The van der Waals surface area contributed by atoms with E-state index < -0.39 is 17.5 Å². The number of ether oxygens (including phenoxy) is 1. The SMILES string of the molecule is CC(=O)CC(C(C)=O)C1(C)C=C(C)C(=O)O1. The molecule has 0 fully saturated rings. The van der Waals surface area contributed by atoms with E-state index in [1.54, 1.807) is 19.9 Å². The van der Waals surface area contributed by atoms with Crippen molar-refractivity contribution in [1.82, 2.24) is 0 Å². The number of Topliss-reactive ketones (excluding diaryl/α,β-unsaturated/α-hetero) is 2. The largest absolute Gasteiger partial charge is 0.451 e. The average Bonchev–Trinajstić information content (AvgIpc) is 2.37. The van der Waals surface area contributed by atoms with Crippen molar-refractivity contribution in [2.75, 3.05) is 0 Å². The first-order chi connectivity index (χ1) is 7.26. The second-order valence-corrected chi connectivity index (χ2v) is 4.47. The zero-order valence-electron chi connectivity index (χ0n) is 9.99. The fourth-order valence-corrected chi connectivity index (χ4v) is 2.01. The van der Waals surface area contributed by atoms with Crippen LogP contribution in [0.3, 0.4) is 0 Å². The zero-order chi connectivity index (χ0) is 12.5. The molecule has 1 heterocycles. The summed E-state index contributed by atoms with van der Waals surface area (Å²) in [7, 11) is 0. The van der Waals surface area contributed by atoms with Crippen molar-refractivity contribution in [3.63, 3.8) is 0 Å². The third kappa shape index (κ3) is 2.38. The molecule has 88 valence electrons. The Bertz CT molecular complexity index is 380. The van der Waals surface area contributed by atoms with Gasteiger partial charge in [-0.1, -0.05) is 0 Å². The summed E-state index contributed by atoms with van der Waals surface area (Å²) < 4.78 is 5.18. The zero-order valence-corrected chi connectivity index (χ0v) is 9.99. The highest BCUT2D eigenvalue weighted by Gasteiger charge is 2.43. The van der Waals surface area contributed by atoms with Gasteiger partial charge in [0.25, 0.3) is 0 Å². The standard InChI is InChI=1S/C12H16O4/c1-7-6-12(4,16-11(7)15)10(9(3)14)5-8(2)13/h6,10H,5H2,1-4H3. The van der Waals surface area contributed by atoms with Gasteiger partial charge in [-0.3, -0.25) is 4.79 Å². The molecule has 0 N–H and O–H groups in total. The molecule has 4 nitrogen and oxygen atoms in total. The van der Waals surface area contributed by atoms with Crippen LogP contribution >= 0.6 is 0 Å². The van der Waals surface area contributed by atoms with Crippen molar-refractivity contribution in [3.8, 4) is 0 Å². The number of cyclic esters (lactones) is 1. The summed E-state index contributed by atoms with van der Waals surface area (Å²) in [4.78, 5) is 33.9. The predicted octanol–water partition coefficient (Wildman–Crippen LogP) is 1.43. The van der Waals surface area contributed by atoms with Crippen molar-refractivity contribution < 1.29 is 19.1 Å². The Balaban J connectivity index is 3.00. The Kier molecular flexibility index (Phi) is 3.31. The lowest BCUT2D eigenvalue weighted by Crippen LogP contribution is -2.39. The molecule has 0 spiro atoms. The Morgan fingerprint density at radius 2 is 2.00 bits per heavy atom. The molecule has 1 aliphatic heterocycles. The molecule has 0 saturated carbocycles. The minimum Gasteiger partial charge on any atom is -0.451 e. The van der Waals surface area contributed by atoms with Gasteiger partial charge in [0.15, 0.2) is 0 Å². The van der Waals surface area contributed by atoms with Crippen molar-refractivity contribution >= 4 is 17.5 Å². The molecule has 0 aromatic rings. The predicted molar refractivity (Wildman–Crippen MR) is 57.7 cm³/mol. The third-order valence-electron chi connectivity index (χ3n) is 2.81. The van der Waals surface area contributed by atoms with Crippen LogP contribution in [0.1, 0.15) is 34.1 Å². The van der Waals surface area contributed by atoms with Crippen LogP contribution in [0.4, 0.5) is 0 Å². The smallest absolute Gasteiger partial charge is 0.334 e. The monoisotopic (exact) mass is 224 g/mol. The molecule has 2 unspecified atom stereocenters. The number of esters is 1. The highest BCUT2D eigenvalue weighted by Crippen LogP contribution is 2.34. The molecule has 4 heteroatoms. The van der Waals surface area contributed by atoms with Crippen molar-refractivity contribution in [3.05, 3.63) is 11.6 Å². The van der Waals surface area contributed by atoms with E-state index in [4.69, 9.17) is 4.74 Å². The van der Waals surface area contributed by atoms with Crippen molar-refractivity contribution in [1.29, 1.82) is 0 Å². The lowest BCUT2D eigenvalue weighted by Gasteiger charge is -2.29. The van der Waals surface area contributed by atoms with Crippen LogP contribution in [0.2, 0.25) is 0 Å². The van der Waals surface area contributed by atoms with Crippen LogP contribution in [0.5, 0.6) is 0 Å². The maximum absolute atomic E-state index is 11.5. The molecular formula is C12H16O4. The van der Waals surface area contributed by atoms with E-state index in [1.807, 2.05) is 0 Å². The van der Waals surface area contributed by atoms with Gasteiger partial charge in [0, 0.05) is 12.0 Å². The number of ketones is 2. The maximum atomic E-state index is 11.5. The highest BCUT2D eigenvalue weighted by atomic mass is 16.6. The summed E-state index contributed by atoms with van der Waals surface area (Å²) in [5, 5.41) is 0. The topological polar surface area (TPSA) is 60.4 Å². The summed E-state index contributed by atoms with van der Waals surface area (Å²) >= 11 is 0. The minimum absolute atomic E-state index is 0.0876. The molecular weight excluding hydrogens is 208 g/mol. The third-order valence-corrected chi connectivity index (χ3v) is 2.81. The fourth-order valence-electron chi connectivity index (χ4n) is 2.01. The number of carbonyl (C=O) groups is 3. The second kappa shape index (κ2) is 4.20. The summed E-state index contributed by atoms with van der Waals surface area (Å²) in [5.74, 6) is -1.24. The van der Waals surface area contributed by atoms with E-state index in [1.165, 1.54) is 13.8 Å². The Morgan fingerprint density at radius 1 is 1.44 bits per heavy atom. The summed E-state index contributed by atoms with van der Waals surface area (Å²) in [6.07, 6.45) is 1.73. The van der Waals surface area contributed by atoms with Gasteiger partial charge >= 0.3 is 5.97 Å². The minimum atomic E-state index is -0.974. The molecule has 2 atom stereocenters. The first-order valence-corrected chi connectivity index (χ1v) is 5.19. The van der Waals surface area contributed by atoms with E-state index in [2.05, 4.69) is 0 Å². The summed E-state index contributed by atoms with van der Waals surface area (Å²) in [5.41, 5.74) is -0.490. The van der Waals surface area contributed by atoms with Crippen LogP contribution in [0.15, 0.2) is 11.6 Å². The second-order valence-electron chi connectivity index (χ2n) is 4.47. The van der Waals surface area contributed by atoms with E-state index in [0.29, 0.717) is 5.57 Å². The summed E-state index contributed by atoms with van der Waals surface area (Å²) in [6.45, 7) is 6.13. The molecule has 1 rings (SSSR count). The van der Waals surface area contributed by atoms with Gasteiger partial charge in [0.05, 0.1) is 5.92 Å². The number of hydrogen-bond acceptors (Lipinski definition) is 4. The van der Waals surface area contributed by atoms with Gasteiger partial charge in [-0.15, -0.1) is 0 Å². The molecule has 16 heavy (non-hydrogen) atoms. The van der Waals surface area contributed by atoms with Crippen LogP contribution in [-0.4, -0.2) is 23.1 Å². The average molecular weight is 224 g/mol. The molecule has 0 aromatic heterocycles. The first kappa shape index (κ1) is 12.6. The summed E-state index contributed by atoms with van der Waals surface area (Å²) in [6, 6.07) is 0. The lowest BCUT2D eigenvalue weighted by atomic mass is 9.82. The van der Waals surface area contributed by atoms with E-state index in [9.17, 15) is 14.4 Å². The van der Waals surface area contributed by atoms with Gasteiger partial charge < -0.3 is 9.53 Å². The molecule has 0 aromatic carbocycles. The van der Waals surface area contributed by atoms with Crippen LogP contribution < -0.4 is 0 Å². The van der Waals surface area contributed by atoms with E-state index in [-0.39, 0.29) is 18.0 Å². The number of hydrogen-bond donors (Lipinski definition) is 0. The molecule has 0 aliphatic carbocycles. The van der Waals surface area contributed by atoms with E-state index in [0.717, 1.165) is 0 Å². The Labute approximate surface area is 94.7 Å². The molecule has 0 bridgehead atoms. The van der Waals surface area contributed by atoms with Gasteiger partial charge in [-0.2, -0.15) is 0 Å². The van der Waals surface area contributed by atoms with Gasteiger partial charge in [0.2, 0.25) is 0 Å². The van der Waals surface area contributed by atoms with Crippen molar-refractivity contribution in [2.45, 2.75) is 39.7 Å². The number of carbonyl (C=O) groups excluding carboxylic acids is 3. The van der Waals surface area contributed by atoms with Crippen LogP contribution in [0.25, 0.3) is 0 Å². The van der Waals surface area contributed by atoms with Gasteiger partial charge in [-0.25, -0.2) is 4.79 Å². The normalized spacial score (nSPS) is 26.0. The highest BCUT2D eigenvalue weighted by molar-refractivity contribution is 5.93. The van der Waals surface area contributed by atoms with E-state index >= 15 is 0 Å².